The number of esters is 1. The van der Waals surface area contributed by atoms with Crippen molar-refractivity contribution in [3.63, 3.8) is 0 Å². The molecule has 1 aromatic rings. The Morgan fingerprint density at radius 3 is 2.67 bits per heavy atom. The van der Waals surface area contributed by atoms with Crippen LogP contribution in [0.2, 0.25) is 0 Å². The van der Waals surface area contributed by atoms with Crippen LogP contribution in [-0.4, -0.2) is 12.6 Å². The maximum atomic E-state index is 11.7. The molecule has 0 aromatic heterocycles. The third kappa shape index (κ3) is 5.71. The molecule has 100 valence electrons. The Balaban J connectivity index is 2.34. The zero-order valence-corrected chi connectivity index (χ0v) is 11.5. The van der Waals surface area contributed by atoms with Gasteiger partial charge in [-0.05, 0) is 36.0 Å². The van der Waals surface area contributed by atoms with Crippen LogP contribution in [0.5, 0.6) is 0 Å². The molecule has 0 amide bonds. The van der Waals surface area contributed by atoms with E-state index in [-0.39, 0.29) is 5.97 Å². The molecule has 1 atom stereocenters. The van der Waals surface area contributed by atoms with Crippen LogP contribution >= 0.6 is 0 Å². The maximum absolute atomic E-state index is 11.7. The van der Waals surface area contributed by atoms with Crippen molar-refractivity contribution in [1.29, 1.82) is 0 Å². The number of carbonyl (C=O) groups excluding carboxylic acids is 1. The largest absolute Gasteiger partial charge is 0.465 e. The predicted molar refractivity (Wildman–Crippen MR) is 74.1 cm³/mol. The van der Waals surface area contributed by atoms with Crippen LogP contribution < -0.4 is 5.73 Å². The van der Waals surface area contributed by atoms with Crippen molar-refractivity contribution >= 4 is 11.7 Å². The summed E-state index contributed by atoms with van der Waals surface area (Å²) in [6.45, 7) is 6.95. The van der Waals surface area contributed by atoms with Gasteiger partial charge in [-0.15, -0.1) is 0 Å². The van der Waals surface area contributed by atoms with Gasteiger partial charge in [0.05, 0.1) is 13.0 Å². The van der Waals surface area contributed by atoms with E-state index in [0.29, 0.717) is 30.6 Å². The Hall–Kier alpha value is -1.51. The van der Waals surface area contributed by atoms with Crippen molar-refractivity contribution in [3.8, 4) is 0 Å². The Morgan fingerprint density at radius 2 is 2.06 bits per heavy atom. The molecule has 0 bridgehead atoms. The molecule has 0 aliphatic carbocycles. The summed E-state index contributed by atoms with van der Waals surface area (Å²) in [6.07, 6.45) is 1.37. The standard InChI is InChI=1S/C15H23NO2/c1-11(2)7-12(3)10-18-15(17)9-13-5-4-6-14(16)8-13/h4-6,8,11-12H,7,9-10,16H2,1-3H3. The molecule has 0 fully saturated rings. The molecule has 1 rings (SSSR count). The van der Waals surface area contributed by atoms with Crippen molar-refractivity contribution in [2.24, 2.45) is 11.8 Å². The van der Waals surface area contributed by atoms with Crippen molar-refractivity contribution in [2.75, 3.05) is 12.3 Å². The van der Waals surface area contributed by atoms with Gasteiger partial charge in [-0.25, -0.2) is 0 Å². The summed E-state index contributed by atoms with van der Waals surface area (Å²) < 4.78 is 5.27. The third-order valence-corrected chi connectivity index (χ3v) is 2.70. The quantitative estimate of drug-likeness (QED) is 0.622. The fraction of sp³-hybridized carbons (Fsp3) is 0.533. The zero-order chi connectivity index (χ0) is 13.5. The van der Waals surface area contributed by atoms with E-state index >= 15 is 0 Å². The highest BCUT2D eigenvalue weighted by Crippen LogP contribution is 2.12. The lowest BCUT2D eigenvalue weighted by Crippen LogP contribution is -2.15. The number of nitrogen functional groups attached to an aromatic ring is 1. The first-order valence-corrected chi connectivity index (χ1v) is 6.47. The van der Waals surface area contributed by atoms with Crippen LogP contribution in [0.3, 0.4) is 0 Å². The van der Waals surface area contributed by atoms with E-state index in [1.165, 1.54) is 0 Å². The van der Waals surface area contributed by atoms with Crippen LogP contribution in [0.25, 0.3) is 0 Å². The Bertz CT molecular complexity index is 388. The van der Waals surface area contributed by atoms with Gasteiger partial charge >= 0.3 is 5.97 Å². The molecule has 3 nitrogen and oxygen atoms in total. The summed E-state index contributed by atoms with van der Waals surface area (Å²) >= 11 is 0. The molecule has 0 saturated heterocycles. The molecule has 0 saturated carbocycles. The Labute approximate surface area is 109 Å². The van der Waals surface area contributed by atoms with Crippen molar-refractivity contribution < 1.29 is 9.53 Å². The first kappa shape index (κ1) is 14.6. The molecule has 0 aliphatic heterocycles. The maximum Gasteiger partial charge on any atom is 0.310 e. The number of ether oxygens (including phenoxy) is 1. The highest BCUT2D eigenvalue weighted by molar-refractivity contribution is 5.73. The van der Waals surface area contributed by atoms with Gasteiger partial charge < -0.3 is 10.5 Å². The number of hydrogen-bond donors (Lipinski definition) is 1. The average molecular weight is 249 g/mol. The number of anilines is 1. The van der Waals surface area contributed by atoms with Gasteiger partial charge in [0.25, 0.3) is 0 Å². The van der Waals surface area contributed by atoms with Crippen LogP contribution in [-0.2, 0) is 16.0 Å². The van der Waals surface area contributed by atoms with Gasteiger partial charge in [0, 0.05) is 5.69 Å². The highest BCUT2D eigenvalue weighted by atomic mass is 16.5. The van der Waals surface area contributed by atoms with Crippen molar-refractivity contribution in [1.82, 2.24) is 0 Å². The molecule has 3 heteroatoms. The Morgan fingerprint density at radius 1 is 1.33 bits per heavy atom. The highest BCUT2D eigenvalue weighted by Gasteiger charge is 2.10. The van der Waals surface area contributed by atoms with Crippen molar-refractivity contribution in [2.45, 2.75) is 33.6 Å². The Kier molecular flexibility index (Phi) is 5.69. The van der Waals surface area contributed by atoms with Gasteiger partial charge in [-0.2, -0.15) is 0 Å². The molecule has 0 radical (unpaired) electrons. The number of carbonyl (C=O) groups is 1. The first-order valence-electron chi connectivity index (χ1n) is 6.47. The summed E-state index contributed by atoms with van der Waals surface area (Å²) in [4.78, 5) is 11.7. The summed E-state index contributed by atoms with van der Waals surface area (Å²) in [5, 5.41) is 0. The second-order valence-electron chi connectivity index (χ2n) is 5.34. The van der Waals surface area contributed by atoms with Crippen LogP contribution in [0.1, 0.15) is 32.8 Å². The normalized spacial score (nSPS) is 12.4. The number of rotatable bonds is 6. The molecule has 1 unspecified atom stereocenters. The van der Waals surface area contributed by atoms with E-state index in [1.54, 1.807) is 12.1 Å². The fourth-order valence-electron chi connectivity index (χ4n) is 2.03. The molecule has 0 aliphatic rings. The monoisotopic (exact) mass is 249 g/mol. The molecule has 0 heterocycles. The molecule has 0 spiro atoms. The second-order valence-corrected chi connectivity index (χ2v) is 5.34. The minimum atomic E-state index is -0.184. The molecular weight excluding hydrogens is 226 g/mol. The van der Waals surface area contributed by atoms with Gasteiger partial charge in [0.1, 0.15) is 0 Å². The minimum absolute atomic E-state index is 0.184. The molecular formula is C15H23NO2. The van der Waals surface area contributed by atoms with E-state index in [0.717, 1.165) is 12.0 Å². The molecule has 1 aromatic carbocycles. The predicted octanol–water partition coefficient (Wildman–Crippen LogP) is 3.04. The number of hydrogen-bond acceptors (Lipinski definition) is 3. The van der Waals surface area contributed by atoms with Crippen LogP contribution in [0.15, 0.2) is 24.3 Å². The lowest BCUT2D eigenvalue weighted by Gasteiger charge is -2.14. The second kappa shape index (κ2) is 7.04. The van der Waals surface area contributed by atoms with E-state index in [2.05, 4.69) is 20.8 Å². The average Bonchev–Trinajstić information content (AvgIpc) is 2.25. The SMILES string of the molecule is CC(C)CC(C)COC(=O)Cc1cccc(N)c1. The lowest BCUT2D eigenvalue weighted by molar-refractivity contribution is -0.144. The van der Waals surface area contributed by atoms with Crippen molar-refractivity contribution in [3.05, 3.63) is 29.8 Å². The topological polar surface area (TPSA) is 52.3 Å². The minimum Gasteiger partial charge on any atom is -0.465 e. The van der Waals surface area contributed by atoms with Gasteiger partial charge in [0.15, 0.2) is 0 Å². The summed E-state index contributed by atoms with van der Waals surface area (Å²) in [5.41, 5.74) is 7.23. The third-order valence-electron chi connectivity index (χ3n) is 2.70. The van der Waals surface area contributed by atoms with E-state index in [1.807, 2.05) is 12.1 Å². The van der Waals surface area contributed by atoms with Gasteiger partial charge in [0.2, 0.25) is 0 Å². The molecule has 18 heavy (non-hydrogen) atoms. The lowest BCUT2D eigenvalue weighted by atomic mass is 10.00. The van der Waals surface area contributed by atoms with E-state index in [9.17, 15) is 4.79 Å². The van der Waals surface area contributed by atoms with E-state index < -0.39 is 0 Å². The first-order chi connectivity index (χ1) is 8.47. The summed E-state index contributed by atoms with van der Waals surface area (Å²) in [7, 11) is 0. The zero-order valence-electron chi connectivity index (χ0n) is 11.5. The summed E-state index contributed by atoms with van der Waals surface area (Å²) in [5.74, 6) is 0.860. The van der Waals surface area contributed by atoms with Crippen LogP contribution in [0.4, 0.5) is 5.69 Å². The molecule has 2 N–H and O–H groups in total. The fourth-order valence-corrected chi connectivity index (χ4v) is 2.03. The number of benzene rings is 1. The summed E-state index contributed by atoms with van der Waals surface area (Å²) in [6, 6.07) is 7.34. The van der Waals surface area contributed by atoms with Crippen LogP contribution in [0, 0.1) is 11.8 Å². The smallest absolute Gasteiger partial charge is 0.310 e. The van der Waals surface area contributed by atoms with Gasteiger partial charge in [-0.1, -0.05) is 32.9 Å². The number of nitrogens with two attached hydrogens (primary N) is 1. The van der Waals surface area contributed by atoms with E-state index in [4.69, 9.17) is 10.5 Å². The van der Waals surface area contributed by atoms with Gasteiger partial charge in [-0.3, -0.25) is 4.79 Å².